The molecule has 0 N–H and O–H groups in total. The highest BCUT2D eigenvalue weighted by atomic mass is 35.5. The van der Waals surface area contributed by atoms with Crippen LogP contribution in [0.1, 0.15) is 0 Å². The van der Waals surface area contributed by atoms with E-state index in [1.165, 1.54) is 34.6 Å². The zero-order chi connectivity index (χ0) is 20.5. The molecular formula is C17H17Cl2N3O5S. The number of hydrogen-bond donors (Lipinski definition) is 0. The van der Waals surface area contributed by atoms with Gasteiger partial charge in [0.25, 0.3) is 0 Å². The highest BCUT2D eigenvalue weighted by Gasteiger charge is 2.30. The number of hydrogen-bond acceptors (Lipinski definition) is 6. The molecule has 3 rings (SSSR count). The average molecular weight is 446 g/mol. The molecule has 0 bridgehead atoms. The maximum absolute atomic E-state index is 12.8. The largest absolute Gasteiger partial charge is 0.450 e. The Morgan fingerprint density at radius 1 is 1.04 bits per heavy atom. The number of sulfonamides is 1. The van der Waals surface area contributed by atoms with Gasteiger partial charge in [-0.2, -0.15) is 4.31 Å². The van der Waals surface area contributed by atoms with E-state index in [9.17, 15) is 18.5 Å². The van der Waals surface area contributed by atoms with Gasteiger partial charge in [-0.1, -0.05) is 23.2 Å². The number of benzene rings is 2. The van der Waals surface area contributed by atoms with Crippen molar-refractivity contribution in [3.63, 3.8) is 0 Å². The second-order valence-corrected chi connectivity index (χ2v) is 9.11. The standard InChI is InChI=1S/C17H17Cl2N3O5S/c1-20-4-6-21(7-5-20)28(25,26)15-2-3-17(16(11-15)22(23)24)27-14-9-12(18)8-13(19)10-14/h2-3,8-11H,4-7H2,1H3. The van der Waals surface area contributed by atoms with Crippen LogP contribution in [0.3, 0.4) is 0 Å². The lowest BCUT2D eigenvalue weighted by atomic mass is 10.3. The van der Waals surface area contributed by atoms with Crippen LogP contribution in [0.15, 0.2) is 41.3 Å². The Morgan fingerprint density at radius 2 is 1.64 bits per heavy atom. The summed E-state index contributed by atoms with van der Waals surface area (Å²) >= 11 is 11.8. The number of piperazine rings is 1. The minimum Gasteiger partial charge on any atom is -0.450 e. The molecule has 8 nitrogen and oxygen atoms in total. The van der Waals surface area contributed by atoms with Gasteiger partial charge < -0.3 is 9.64 Å². The first-order valence-corrected chi connectivity index (χ1v) is 10.5. The van der Waals surface area contributed by atoms with E-state index in [4.69, 9.17) is 27.9 Å². The molecule has 0 radical (unpaired) electrons. The molecule has 2 aromatic carbocycles. The van der Waals surface area contributed by atoms with E-state index < -0.39 is 20.6 Å². The first kappa shape index (κ1) is 20.8. The Hall–Kier alpha value is -1.91. The molecule has 0 amide bonds. The van der Waals surface area contributed by atoms with Gasteiger partial charge in [-0.25, -0.2) is 8.42 Å². The monoisotopic (exact) mass is 445 g/mol. The van der Waals surface area contributed by atoms with Gasteiger partial charge in [0, 0.05) is 42.3 Å². The lowest BCUT2D eigenvalue weighted by Crippen LogP contribution is -2.47. The van der Waals surface area contributed by atoms with Crippen LogP contribution < -0.4 is 4.74 Å². The number of nitro benzene ring substituents is 1. The van der Waals surface area contributed by atoms with Crippen LogP contribution in [0.2, 0.25) is 10.0 Å². The number of likely N-dealkylation sites (N-methyl/N-ethyl adjacent to an activating group) is 1. The molecule has 28 heavy (non-hydrogen) atoms. The lowest BCUT2D eigenvalue weighted by Gasteiger charge is -2.31. The van der Waals surface area contributed by atoms with E-state index in [0.29, 0.717) is 36.2 Å². The Balaban J connectivity index is 1.94. The van der Waals surface area contributed by atoms with Crippen molar-refractivity contribution >= 4 is 38.9 Å². The lowest BCUT2D eigenvalue weighted by molar-refractivity contribution is -0.385. The molecule has 2 aromatic rings. The summed E-state index contributed by atoms with van der Waals surface area (Å²) in [6.45, 7) is 1.84. The molecule has 0 spiro atoms. The number of rotatable bonds is 5. The zero-order valence-electron chi connectivity index (χ0n) is 14.8. The summed E-state index contributed by atoms with van der Waals surface area (Å²) in [6.07, 6.45) is 0. The minimum absolute atomic E-state index is 0.110. The summed E-state index contributed by atoms with van der Waals surface area (Å²) in [4.78, 5) is 12.7. The first-order valence-electron chi connectivity index (χ1n) is 8.28. The van der Waals surface area contributed by atoms with Crippen molar-refractivity contribution in [3.05, 3.63) is 56.6 Å². The predicted molar refractivity (Wildman–Crippen MR) is 106 cm³/mol. The molecule has 150 valence electrons. The maximum Gasteiger partial charge on any atom is 0.312 e. The molecule has 0 atom stereocenters. The van der Waals surface area contributed by atoms with Crippen molar-refractivity contribution in [2.24, 2.45) is 0 Å². The predicted octanol–water partition coefficient (Wildman–Crippen LogP) is 3.63. The number of nitro groups is 1. The van der Waals surface area contributed by atoms with Gasteiger partial charge in [0.15, 0.2) is 0 Å². The molecule has 0 aliphatic carbocycles. The molecule has 1 heterocycles. The van der Waals surface area contributed by atoms with Crippen LogP contribution in [0, 0.1) is 10.1 Å². The fourth-order valence-corrected chi connectivity index (χ4v) is 4.73. The van der Waals surface area contributed by atoms with Crippen molar-refractivity contribution in [1.82, 2.24) is 9.21 Å². The summed E-state index contributed by atoms with van der Waals surface area (Å²) in [5.41, 5.74) is -0.466. The van der Waals surface area contributed by atoms with E-state index in [2.05, 4.69) is 0 Å². The molecule has 1 aliphatic rings. The molecule has 0 saturated carbocycles. The van der Waals surface area contributed by atoms with Crippen molar-refractivity contribution in [2.75, 3.05) is 33.2 Å². The fourth-order valence-electron chi connectivity index (χ4n) is 2.78. The number of halogens is 2. The summed E-state index contributed by atoms with van der Waals surface area (Å²) in [5.74, 6) is 0.0935. The minimum atomic E-state index is -3.84. The topological polar surface area (TPSA) is 93.0 Å². The maximum atomic E-state index is 12.8. The SMILES string of the molecule is CN1CCN(S(=O)(=O)c2ccc(Oc3cc(Cl)cc(Cl)c3)c([N+](=O)[O-])c2)CC1. The highest BCUT2D eigenvalue weighted by Crippen LogP contribution is 2.36. The van der Waals surface area contributed by atoms with E-state index in [-0.39, 0.29) is 16.4 Å². The third-order valence-corrected chi connectivity index (χ3v) is 6.62. The smallest absolute Gasteiger partial charge is 0.312 e. The molecule has 1 saturated heterocycles. The molecule has 1 fully saturated rings. The van der Waals surface area contributed by atoms with Crippen molar-refractivity contribution in [1.29, 1.82) is 0 Å². The fraction of sp³-hybridized carbons (Fsp3) is 0.294. The molecule has 1 aliphatic heterocycles. The van der Waals surface area contributed by atoms with Crippen LogP contribution in [0.5, 0.6) is 11.5 Å². The summed E-state index contributed by atoms with van der Waals surface area (Å²) < 4.78 is 32.5. The van der Waals surface area contributed by atoms with Gasteiger partial charge >= 0.3 is 5.69 Å². The molecule has 11 heteroatoms. The van der Waals surface area contributed by atoms with E-state index in [0.717, 1.165) is 6.07 Å². The summed E-state index contributed by atoms with van der Waals surface area (Å²) in [5, 5.41) is 12.1. The third kappa shape index (κ3) is 4.56. The van der Waals surface area contributed by atoms with E-state index in [1.54, 1.807) is 0 Å². The van der Waals surface area contributed by atoms with Crippen LogP contribution in [-0.2, 0) is 10.0 Å². The van der Waals surface area contributed by atoms with Gasteiger partial charge in [-0.15, -0.1) is 0 Å². The molecule has 0 aromatic heterocycles. The highest BCUT2D eigenvalue weighted by molar-refractivity contribution is 7.89. The van der Waals surface area contributed by atoms with Gasteiger partial charge in [-0.3, -0.25) is 10.1 Å². The second-order valence-electron chi connectivity index (χ2n) is 6.30. The quantitative estimate of drug-likeness (QED) is 0.515. The normalized spacial score (nSPS) is 16.1. The second kappa shape index (κ2) is 8.22. The first-order chi connectivity index (χ1) is 13.2. The van der Waals surface area contributed by atoms with Gasteiger partial charge in [0.05, 0.1) is 9.82 Å². The zero-order valence-corrected chi connectivity index (χ0v) is 17.2. The summed E-state index contributed by atoms with van der Waals surface area (Å²) in [6, 6.07) is 7.96. The van der Waals surface area contributed by atoms with Crippen LogP contribution in [0.25, 0.3) is 0 Å². The van der Waals surface area contributed by atoms with Gasteiger partial charge in [0.1, 0.15) is 5.75 Å². The van der Waals surface area contributed by atoms with Crippen molar-refractivity contribution < 1.29 is 18.1 Å². The Morgan fingerprint density at radius 3 is 2.21 bits per heavy atom. The van der Waals surface area contributed by atoms with Gasteiger partial charge in [-0.05, 0) is 37.4 Å². The van der Waals surface area contributed by atoms with Crippen molar-refractivity contribution in [2.45, 2.75) is 4.90 Å². The van der Waals surface area contributed by atoms with E-state index in [1.807, 2.05) is 11.9 Å². The number of ether oxygens (including phenoxy) is 1. The Bertz CT molecular complexity index is 988. The number of nitrogens with zero attached hydrogens (tertiary/aromatic N) is 3. The van der Waals surface area contributed by atoms with Crippen LogP contribution >= 0.6 is 23.2 Å². The Labute approximate surface area is 172 Å². The summed E-state index contributed by atoms with van der Waals surface area (Å²) in [7, 11) is -1.93. The van der Waals surface area contributed by atoms with Crippen LogP contribution in [-0.4, -0.2) is 55.8 Å². The van der Waals surface area contributed by atoms with E-state index >= 15 is 0 Å². The van der Waals surface area contributed by atoms with Crippen LogP contribution in [0.4, 0.5) is 5.69 Å². The molecule has 0 unspecified atom stereocenters. The molecular weight excluding hydrogens is 429 g/mol. The third-order valence-electron chi connectivity index (χ3n) is 4.29. The van der Waals surface area contributed by atoms with Crippen molar-refractivity contribution in [3.8, 4) is 11.5 Å². The van der Waals surface area contributed by atoms with Gasteiger partial charge in [0.2, 0.25) is 15.8 Å². The average Bonchev–Trinajstić information content (AvgIpc) is 2.61. The Kier molecular flexibility index (Phi) is 6.11.